The lowest BCUT2D eigenvalue weighted by Gasteiger charge is -2.34. The third kappa shape index (κ3) is 0.820. The van der Waals surface area contributed by atoms with Crippen LogP contribution in [0.3, 0.4) is 0 Å². The van der Waals surface area contributed by atoms with Crippen LogP contribution in [0.25, 0.3) is 0 Å². The van der Waals surface area contributed by atoms with Gasteiger partial charge in [0.15, 0.2) is 0 Å². The van der Waals surface area contributed by atoms with E-state index in [-0.39, 0.29) is 0 Å². The molecule has 2 atom stereocenters. The van der Waals surface area contributed by atoms with E-state index in [4.69, 9.17) is 9.26 Å². The largest absolute Gasteiger partial charge is 0.378 e. The Balaban J connectivity index is 2.04. The molecule has 0 saturated carbocycles. The molecule has 2 aliphatic heterocycles. The van der Waals surface area contributed by atoms with Gasteiger partial charge >= 0.3 is 0 Å². The average Bonchev–Trinajstić information content (AvgIpc) is 2.53. The van der Waals surface area contributed by atoms with Gasteiger partial charge in [-0.1, -0.05) is 5.16 Å². The molecule has 4 nitrogen and oxygen atoms in total. The SMILES string of the molecule is c1noc2c1C1COCC(C2)N1. The molecular formula is C8H10N2O2. The topological polar surface area (TPSA) is 47.3 Å². The minimum atomic E-state index is 0.304. The highest BCUT2D eigenvalue weighted by Gasteiger charge is 2.32. The van der Waals surface area contributed by atoms with Gasteiger partial charge in [-0.25, -0.2) is 0 Å². The molecule has 3 rings (SSSR count). The van der Waals surface area contributed by atoms with Crippen LogP contribution in [-0.4, -0.2) is 24.4 Å². The van der Waals surface area contributed by atoms with Crippen molar-refractivity contribution in [2.75, 3.05) is 13.2 Å². The van der Waals surface area contributed by atoms with E-state index in [1.54, 1.807) is 6.20 Å². The summed E-state index contributed by atoms with van der Waals surface area (Å²) in [7, 11) is 0. The fourth-order valence-corrected chi connectivity index (χ4v) is 1.94. The van der Waals surface area contributed by atoms with Crippen LogP contribution in [0.5, 0.6) is 0 Å². The summed E-state index contributed by atoms with van der Waals surface area (Å²) >= 11 is 0. The molecule has 1 aromatic heterocycles. The van der Waals surface area contributed by atoms with Crippen LogP contribution >= 0.6 is 0 Å². The van der Waals surface area contributed by atoms with Crippen molar-refractivity contribution in [1.29, 1.82) is 0 Å². The second-order valence-corrected chi connectivity index (χ2v) is 3.36. The van der Waals surface area contributed by atoms with Gasteiger partial charge in [0.1, 0.15) is 5.76 Å². The van der Waals surface area contributed by atoms with Crippen LogP contribution < -0.4 is 5.32 Å². The van der Waals surface area contributed by atoms with E-state index in [2.05, 4.69) is 10.5 Å². The van der Waals surface area contributed by atoms with Crippen molar-refractivity contribution >= 4 is 0 Å². The number of ether oxygens (including phenoxy) is 1. The third-order valence-electron chi connectivity index (χ3n) is 2.52. The van der Waals surface area contributed by atoms with Crippen LogP contribution in [0.2, 0.25) is 0 Å². The molecule has 2 bridgehead atoms. The number of hydrogen-bond acceptors (Lipinski definition) is 4. The smallest absolute Gasteiger partial charge is 0.143 e. The lowest BCUT2D eigenvalue weighted by Crippen LogP contribution is -2.48. The maximum Gasteiger partial charge on any atom is 0.143 e. The van der Waals surface area contributed by atoms with Crippen molar-refractivity contribution in [3.05, 3.63) is 17.5 Å². The number of nitrogens with zero attached hydrogens (tertiary/aromatic N) is 1. The molecule has 1 fully saturated rings. The summed E-state index contributed by atoms with van der Waals surface area (Å²) < 4.78 is 10.6. The van der Waals surface area contributed by atoms with Crippen molar-refractivity contribution in [2.24, 2.45) is 0 Å². The van der Waals surface area contributed by atoms with Crippen molar-refractivity contribution in [3.8, 4) is 0 Å². The molecular weight excluding hydrogens is 156 g/mol. The predicted molar refractivity (Wildman–Crippen MR) is 40.7 cm³/mol. The summed E-state index contributed by atoms with van der Waals surface area (Å²) in [6.07, 6.45) is 2.70. The zero-order valence-corrected chi connectivity index (χ0v) is 6.62. The number of nitrogens with one attached hydrogen (secondary N) is 1. The normalized spacial score (nSPS) is 33.0. The molecule has 12 heavy (non-hydrogen) atoms. The van der Waals surface area contributed by atoms with Gasteiger partial charge in [0.2, 0.25) is 0 Å². The van der Waals surface area contributed by atoms with E-state index in [0.717, 1.165) is 25.4 Å². The van der Waals surface area contributed by atoms with Gasteiger partial charge < -0.3 is 14.6 Å². The number of fused-ring (bicyclic) bond motifs is 4. The first-order valence-electron chi connectivity index (χ1n) is 4.21. The summed E-state index contributed by atoms with van der Waals surface area (Å²) in [6.45, 7) is 1.53. The maximum absolute atomic E-state index is 5.43. The summed E-state index contributed by atoms with van der Waals surface area (Å²) in [4.78, 5) is 0. The van der Waals surface area contributed by atoms with Gasteiger partial charge in [-0.15, -0.1) is 0 Å². The molecule has 0 radical (unpaired) electrons. The highest BCUT2D eigenvalue weighted by Crippen LogP contribution is 2.27. The molecule has 1 saturated heterocycles. The molecule has 0 amide bonds. The quantitative estimate of drug-likeness (QED) is 0.600. The molecule has 3 heterocycles. The molecule has 2 aliphatic rings. The highest BCUT2D eigenvalue weighted by molar-refractivity contribution is 5.23. The average molecular weight is 166 g/mol. The van der Waals surface area contributed by atoms with Gasteiger partial charge in [0, 0.05) is 18.0 Å². The highest BCUT2D eigenvalue weighted by atomic mass is 16.5. The van der Waals surface area contributed by atoms with E-state index in [1.165, 1.54) is 5.56 Å². The van der Waals surface area contributed by atoms with Crippen molar-refractivity contribution in [2.45, 2.75) is 18.5 Å². The first-order chi connectivity index (χ1) is 5.93. The van der Waals surface area contributed by atoms with Crippen LogP contribution in [-0.2, 0) is 11.2 Å². The number of aromatic nitrogens is 1. The Morgan fingerprint density at radius 2 is 2.50 bits per heavy atom. The number of morpholine rings is 1. The lowest BCUT2D eigenvalue weighted by atomic mass is 9.96. The molecule has 0 aliphatic carbocycles. The third-order valence-corrected chi connectivity index (χ3v) is 2.52. The van der Waals surface area contributed by atoms with E-state index >= 15 is 0 Å². The Morgan fingerprint density at radius 3 is 3.50 bits per heavy atom. The Labute approximate surface area is 69.9 Å². The van der Waals surface area contributed by atoms with Gasteiger partial charge in [-0.2, -0.15) is 0 Å². The van der Waals surface area contributed by atoms with E-state index < -0.39 is 0 Å². The number of hydrogen-bond donors (Lipinski definition) is 1. The molecule has 1 N–H and O–H groups in total. The summed E-state index contributed by atoms with van der Waals surface area (Å²) in [6, 6.07) is 0.725. The standard InChI is InChI=1S/C8H10N2O2/c1-5-3-11-4-7(10-5)6-2-9-12-8(1)6/h2,5,7,10H,1,3-4H2. The van der Waals surface area contributed by atoms with Crippen molar-refractivity contribution in [1.82, 2.24) is 10.5 Å². The fourth-order valence-electron chi connectivity index (χ4n) is 1.94. The Bertz CT molecular complexity index is 297. The summed E-state index contributed by atoms with van der Waals surface area (Å²) in [5, 5.41) is 7.26. The van der Waals surface area contributed by atoms with E-state index in [9.17, 15) is 0 Å². The minimum Gasteiger partial charge on any atom is -0.378 e. The predicted octanol–water partition coefficient (Wildman–Crippen LogP) is 0.260. The molecule has 1 aromatic rings. The van der Waals surface area contributed by atoms with Crippen molar-refractivity contribution in [3.63, 3.8) is 0 Å². The summed E-state index contributed by atoms with van der Waals surface area (Å²) in [5.74, 6) is 1.03. The fraction of sp³-hybridized carbons (Fsp3) is 0.625. The Kier molecular flexibility index (Phi) is 1.27. The second-order valence-electron chi connectivity index (χ2n) is 3.36. The summed E-state index contributed by atoms with van der Waals surface area (Å²) in [5.41, 5.74) is 1.17. The molecule has 4 heteroatoms. The first-order valence-corrected chi connectivity index (χ1v) is 4.21. The molecule has 2 unspecified atom stereocenters. The van der Waals surface area contributed by atoms with Gasteiger partial charge in [-0.3, -0.25) is 0 Å². The first kappa shape index (κ1) is 6.62. The number of rotatable bonds is 0. The zero-order chi connectivity index (χ0) is 7.97. The maximum atomic E-state index is 5.43. The van der Waals surface area contributed by atoms with Crippen LogP contribution in [0.15, 0.2) is 10.7 Å². The molecule has 0 aromatic carbocycles. The van der Waals surface area contributed by atoms with E-state index in [0.29, 0.717) is 12.1 Å². The minimum absolute atomic E-state index is 0.304. The second kappa shape index (κ2) is 2.31. The van der Waals surface area contributed by atoms with Crippen molar-refractivity contribution < 1.29 is 9.26 Å². The Hall–Kier alpha value is -0.870. The molecule has 64 valence electrons. The van der Waals surface area contributed by atoms with Gasteiger partial charge in [-0.05, 0) is 0 Å². The van der Waals surface area contributed by atoms with Gasteiger partial charge in [0.25, 0.3) is 0 Å². The monoisotopic (exact) mass is 166 g/mol. The van der Waals surface area contributed by atoms with Crippen LogP contribution in [0.1, 0.15) is 17.4 Å². The Morgan fingerprint density at radius 1 is 1.50 bits per heavy atom. The van der Waals surface area contributed by atoms with Crippen LogP contribution in [0, 0.1) is 0 Å². The molecule has 0 spiro atoms. The van der Waals surface area contributed by atoms with E-state index in [1.807, 2.05) is 0 Å². The lowest BCUT2D eigenvalue weighted by molar-refractivity contribution is 0.0355. The van der Waals surface area contributed by atoms with Gasteiger partial charge in [0.05, 0.1) is 25.5 Å². The zero-order valence-electron chi connectivity index (χ0n) is 6.62. The van der Waals surface area contributed by atoms with Crippen LogP contribution in [0.4, 0.5) is 0 Å².